The van der Waals surface area contributed by atoms with E-state index < -0.39 is 24.1 Å². The van der Waals surface area contributed by atoms with Crippen molar-refractivity contribution < 1.29 is 14.4 Å². The van der Waals surface area contributed by atoms with Gasteiger partial charge in [0.05, 0.1) is 17.8 Å². The number of terminal acetylenes is 1. The van der Waals surface area contributed by atoms with Crippen molar-refractivity contribution in [3.63, 3.8) is 0 Å². The van der Waals surface area contributed by atoms with Crippen molar-refractivity contribution >= 4 is 23.3 Å². The van der Waals surface area contributed by atoms with Crippen molar-refractivity contribution in [1.29, 1.82) is 0 Å². The van der Waals surface area contributed by atoms with Crippen molar-refractivity contribution in [1.82, 2.24) is 5.32 Å². The molecule has 22 heavy (non-hydrogen) atoms. The van der Waals surface area contributed by atoms with Gasteiger partial charge in [0.25, 0.3) is 11.7 Å². The number of anilines is 1. The lowest BCUT2D eigenvalue weighted by Crippen LogP contribution is -2.32. The van der Waals surface area contributed by atoms with Gasteiger partial charge in [-0.3, -0.25) is 14.4 Å². The molecule has 112 valence electrons. The van der Waals surface area contributed by atoms with Crippen molar-refractivity contribution in [3.8, 4) is 12.3 Å². The van der Waals surface area contributed by atoms with Crippen molar-refractivity contribution in [2.45, 2.75) is 6.92 Å². The summed E-state index contributed by atoms with van der Waals surface area (Å²) in [6, 6.07) is 4.63. The van der Waals surface area contributed by atoms with Crippen LogP contribution in [0, 0.1) is 19.3 Å². The molecule has 0 unspecified atom stereocenters. The lowest BCUT2D eigenvalue weighted by Gasteiger charge is -2.10. The second-order valence-electron chi connectivity index (χ2n) is 4.20. The highest BCUT2D eigenvalue weighted by Gasteiger charge is 2.20. The van der Waals surface area contributed by atoms with E-state index >= 15 is 0 Å². The highest BCUT2D eigenvalue weighted by atomic mass is 16.2. The summed E-state index contributed by atoms with van der Waals surface area (Å²) < 4.78 is 0. The summed E-state index contributed by atoms with van der Waals surface area (Å²) in [7, 11) is 0. The molecule has 0 radical (unpaired) electrons. The number of carbonyl (C=O) groups is 3. The minimum atomic E-state index is -0.867. The Bertz CT molecular complexity index is 699. The summed E-state index contributed by atoms with van der Waals surface area (Å²) in [6.07, 6.45) is 5.01. The lowest BCUT2D eigenvalue weighted by molar-refractivity contribution is -0.117. The zero-order valence-electron chi connectivity index (χ0n) is 11.8. The van der Waals surface area contributed by atoms with Gasteiger partial charge in [0, 0.05) is 4.91 Å². The molecule has 0 saturated carbocycles. The van der Waals surface area contributed by atoms with Gasteiger partial charge >= 0.3 is 0 Å². The zero-order valence-corrected chi connectivity index (χ0v) is 11.8. The molecular formula is C14H13N5O3. The molecule has 0 fully saturated rings. The predicted octanol–water partition coefficient (Wildman–Crippen LogP) is 1.18. The molecule has 0 heterocycles. The van der Waals surface area contributed by atoms with E-state index in [0.717, 1.165) is 5.56 Å². The van der Waals surface area contributed by atoms with Crippen LogP contribution in [0.4, 0.5) is 5.69 Å². The summed E-state index contributed by atoms with van der Waals surface area (Å²) >= 11 is 0. The monoisotopic (exact) mass is 299 g/mol. The summed E-state index contributed by atoms with van der Waals surface area (Å²) in [5, 5.41) is 7.80. The number of carbonyl (C=O) groups excluding carboxylic acids is 3. The molecule has 8 nitrogen and oxygen atoms in total. The fourth-order valence-electron chi connectivity index (χ4n) is 1.57. The maximum absolute atomic E-state index is 12.1. The van der Waals surface area contributed by atoms with E-state index in [0.29, 0.717) is 0 Å². The number of benzene rings is 1. The van der Waals surface area contributed by atoms with Gasteiger partial charge in [0.2, 0.25) is 5.91 Å². The second kappa shape index (κ2) is 8.09. The Morgan fingerprint density at radius 3 is 2.77 bits per heavy atom. The fraction of sp³-hybridized carbons (Fsp3) is 0.214. The van der Waals surface area contributed by atoms with Crippen LogP contribution in [0.15, 0.2) is 23.3 Å². The van der Waals surface area contributed by atoms with Gasteiger partial charge in [-0.05, 0) is 24.6 Å². The Labute approximate surface area is 126 Å². The third kappa shape index (κ3) is 4.67. The van der Waals surface area contributed by atoms with E-state index in [4.69, 9.17) is 12.0 Å². The number of ketones is 1. The predicted molar refractivity (Wildman–Crippen MR) is 80.0 cm³/mol. The Morgan fingerprint density at radius 1 is 1.41 bits per heavy atom. The van der Waals surface area contributed by atoms with Gasteiger partial charge in [0.15, 0.2) is 0 Å². The Balaban J connectivity index is 3.02. The largest absolute Gasteiger partial charge is 0.338 e. The van der Waals surface area contributed by atoms with Crippen LogP contribution in [0.5, 0.6) is 0 Å². The third-order valence-electron chi connectivity index (χ3n) is 2.53. The number of aryl methyl sites for hydroxylation is 1. The van der Waals surface area contributed by atoms with E-state index in [1.807, 2.05) is 0 Å². The molecule has 8 heteroatoms. The molecule has 0 bridgehead atoms. The van der Waals surface area contributed by atoms with Gasteiger partial charge in [-0.1, -0.05) is 22.7 Å². The van der Waals surface area contributed by atoms with Crippen LogP contribution in [0.3, 0.4) is 0 Å². The summed E-state index contributed by atoms with van der Waals surface area (Å²) in [5.41, 5.74) is 9.10. The Hall–Kier alpha value is -3.30. The molecule has 0 aliphatic carbocycles. The first-order valence-corrected chi connectivity index (χ1v) is 6.17. The van der Waals surface area contributed by atoms with Crippen LogP contribution < -0.4 is 10.6 Å². The van der Waals surface area contributed by atoms with E-state index in [2.05, 4.69) is 26.6 Å². The molecule has 0 atom stereocenters. The number of rotatable bonds is 6. The van der Waals surface area contributed by atoms with E-state index in [1.165, 1.54) is 12.1 Å². The zero-order chi connectivity index (χ0) is 16.5. The average molecular weight is 299 g/mol. The molecule has 0 saturated heterocycles. The minimum Gasteiger partial charge on any atom is -0.338 e. The quantitative estimate of drug-likeness (QED) is 0.204. The van der Waals surface area contributed by atoms with Crippen LogP contribution >= 0.6 is 0 Å². The summed E-state index contributed by atoms with van der Waals surface area (Å²) in [4.78, 5) is 37.8. The molecule has 0 spiro atoms. The smallest absolute Gasteiger partial charge is 0.293 e. The highest BCUT2D eigenvalue weighted by Crippen LogP contribution is 2.18. The summed E-state index contributed by atoms with van der Waals surface area (Å²) in [5.74, 6) is -0.0994. The topological polar surface area (TPSA) is 124 Å². The van der Waals surface area contributed by atoms with Crippen LogP contribution in [-0.2, 0) is 9.59 Å². The first kappa shape index (κ1) is 16.8. The fourth-order valence-corrected chi connectivity index (χ4v) is 1.57. The Kier molecular flexibility index (Phi) is 6.16. The molecule has 2 N–H and O–H groups in total. The number of azide groups is 1. The molecule has 1 aromatic carbocycles. The van der Waals surface area contributed by atoms with Gasteiger partial charge < -0.3 is 10.6 Å². The van der Waals surface area contributed by atoms with Gasteiger partial charge in [-0.15, -0.1) is 6.42 Å². The molecule has 0 aromatic heterocycles. The minimum absolute atomic E-state index is 0.0313. The van der Waals surface area contributed by atoms with E-state index in [9.17, 15) is 14.4 Å². The van der Waals surface area contributed by atoms with Crippen molar-refractivity contribution in [3.05, 3.63) is 39.8 Å². The number of amides is 2. The third-order valence-corrected chi connectivity index (χ3v) is 2.53. The second-order valence-corrected chi connectivity index (χ2v) is 4.20. The molecule has 0 aliphatic heterocycles. The van der Waals surface area contributed by atoms with Crippen molar-refractivity contribution in [2.75, 3.05) is 18.4 Å². The first-order valence-electron chi connectivity index (χ1n) is 6.17. The van der Waals surface area contributed by atoms with Crippen molar-refractivity contribution in [2.24, 2.45) is 5.11 Å². The molecule has 2 amide bonds. The summed E-state index contributed by atoms with van der Waals surface area (Å²) in [6.45, 7) is 1.25. The number of nitrogens with one attached hydrogen (secondary N) is 2. The molecule has 1 rings (SSSR count). The standard InChI is InChI=1S/C14H13N5O3/c1-3-6-16-14(22)13(21)10-7-9(2)4-5-11(10)18-12(20)8-17-19-15/h1,4-5,7H,6,8H2,2H3,(H,16,22)(H,18,20). The maximum Gasteiger partial charge on any atom is 0.293 e. The van der Waals surface area contributed by atoms with E-state index in [-0.39, 0.29) is 17.8 Å². The van der Waals surface area contributed by atoms with Gasteiger partial charge in [-0.25, -0.2) is 0 Å². The number of nitrogens with zero attached hydrogens (tertiary/aromatic N) is 3. The van der Waals surface area contributed by atoms with E-state index in [1.54, 1.807) is 13.0 Å². The lowest BCUT2D eigenvalue weighted by atomic mass is 10.0. The normalized spacial score (nSPS) is 9.09. The van der Waals surface area contributed by atoms with Crippen LogP contribution in [0.25, 0.3) is 10.4 Å². The number of Topliss-reactive ketones (excluding diaryl/α,β-unsaturated/α-hetero) is 1. The van der Waals surface area contributed by atoms with Crippen LogP contribution in [0.1, 0.15) is 15.9 Å². The van der Waals surface area contributed by atoms with Crippen LogP contribution in [-0.4, -0.2) is 30.7 Å². The van der Waals surface area contributed by atoms with Gasteiger partial charge in [-0.2, -0.15) is 0 Å². The number of hydrogen-bond acceptors (Lipinski definition) is 4. The first-order chi connectivity index (χ1) is 10.5. The van der Waals surface area contributed by atoms with Gasteiger partial charge in [0.1, 0.15) is 6.54 Å². The molecule has 1 aromatic rings. The Morgan fingerprint density at radius 2 is 2.14 bits per heavy atom. The highest BCUT2D eigenvalue weighted by molar-refractivity contribution is 6.44. The maximum atomic E-state index is 12.1. The molecule has 0 aliphatic rings. The van der Waals surface area contributed by atoms with Crippen LogP contribution in [0.2, 0.25) is 0 Å². The molecular weight excluding hydrogens is 286 g/mol. The number of hydrogen-bond donors (Lipinski definition) is 2. The SMILES string of the molecule is C#CCNC(=O)C(=O)c1cc(C)ccc1NC(=O)CN=[N+]=[N-]. The average Bonchev–Trinajstić information content (AvgIpc) is 2.51.